The van der Waals surface area contributed by atoms with E-state index in [0.29, 0.717) is 0 Å². The summed E-state index contributed by atoms with van der Waals surface area (Å²) in [5.74, 6) is 1.04. The fraction of sp³-hybridized carbons (Fsp3) is 0.667. The quantitative estimate of drug-likeness (QED) is 0.677. The summed E-state index contributed by atoms with van der Waals surface area (Å²) in [4.78, 5) is 0. The van der Waals surface area contributed by atoms with Crippen LogP contribution in [0.5, 0.6) is 5.75 Å². The van der Waals surface area contributed by atoms with Gasteiger partial charge in [0.25, 0.3) is 0 Å². The highest BCUT2D eigenvalue weighted by Crippen LogP contribution is 2.36. The monoisotopic (exact) mass is 212 g/mol. The minimum Gasteiger partial charge on any atom is -0.487 e. The molecule has 0 atom stereocenters. The zero-order valence-electron chi connectivity index (χ0n) is 9.97. The second kappa shape index (κ2) is 3.58. The van der Waals surface area contributed by atoms with Gasteiger partial charge in [-0.25, -0.2) is 0 Å². The van der Waals surface area contributed by atoms with Crippen LogP contribution in [-0.4, -0.2) is 5.60 Å². The number of hydrogen-bond donors (Lipinski definition) is 0. The molecule has 1 heterocycles. The fourth-order valence-electron chi connectivity index (χ4n) is 1.24. The molecule has 0 bridgehead atoms. The lowest BCUT2D eigenvalue weighted by atomic mass is 9.89. The highest BCUT2D eigenvalue weighted by molar-refractivity contribution is 7.08. The molecule has 2 heteroatoms. The highest BCUT2D eigenvalue weighted by atomic mass is 32.1. The van der Waals surface area contributed by atoms with Crippen molar-refractivity contribution < 1.29 is 4.74 Å². The Morgan fingerprint density at radius 3 is 2.00 bits per heavy atom. The Labute approximate surface area is 91.1 Å². The summed E-state index contributed by atoms with van der Waals surface area (Å²) < 4.78 is 5.91. The van der Waals surface area contributed by atoms with Crippen LogP contribution in [-0.2, 0) is 5.41 Å². The van der Waals surface area contributed by atoms with Crippen LogP contribution in [0.1, 0.15) is 47.1 Å². The SMILES string of the molecule is CC(C)(C)Oc1cscc1C(C)(C)C. The minimum absolute atomic E-state index is 0.110. The van der Waals surface area contributed by atoms with Crippen LogP contribution >= 0.6 is 11.3 Å². The summed E-state index contributed by atoms with van der Waals surface area (Å²) >= 11 is 1.71. The van der Waals surface area contributed by atoms with E-state index in [9.17, 15) is 0 Å². The van der Waals surface area contributed by atoms with E-state index >= 15 is 0 Å². The predicted octanol–water partition coefficient (Wildman–Crippen LogP) is 4.22. The zero-order chi connectivity index (χ0) is 11.0. The standard InChI is InChI=1S/C12H20OS/c1-11(2,3)9-7-14-8-10(9)13-12(4,5)6/h7-8H,1-6H3. The summed E-state index contributed by atoms with van der Waals surface area (Å²) in [6, 6.07) is 0. The molecule has 80 valence electrons. The molecule has 0 aromatic carbocycles. The van der Waals surface area contributed by atoms with E-state index in [-0.39, 0.29) is 11.0 Å². The van der Waals surface area contributed by atoms with Crippen LogP contribution < -0.4 is 4.74 Å². The van der Waals surface area contributed by atoms with E-state index in [2.05, 4.69) is 52.3 Å². The van der Waals surface area contributed by atoms with E-state index < -0.39 is 0 Å². The van der Waals surface area contributed by atoms with E-state index in [1.165, 1.54) is 5.56 Å². The summed E-state index contributed by atoms with van der Waals surface area (Å²) in [7, 11) is 0. The molecule has 0 spiro atoms. The van der Waals surface area contributed by atoms with Gasteiger partial charge >= 0.3 is 0 Å². The van der Waals surface area contributed by atoms with Crippen molar-refractivity contribution in [2.24, 2.45) is 0 Å². The molecule has 0 saturated heterocycles. The summed E-state index contributed by atoms with van der Waals surface area (Å²) in [5, 5.41) is 4.27. The van der Waals surface area contributed by atoms with Crippen molar-refractivity contribution in [3.63, 3.8) is 0 Å². The lowest BCUT2D eigenvalue weighted by Crippen LogP contribution is -2.24. The maximum Gasteiger partial charge on any atom is 0.134 e. The molecule has 0 N–H and O–H groups in total. The van der Waals surface area contributed by atoms with Gasteiger partial charge in [0.2, 0.25) is 0 Å². The van der Waals surface area contributed by atoms with E-state index in [4.69, 9.17) is 4.74 Å². The van der Waals surface area contributed by atoms with Crippen molar-refractivity contribution in [1.29, 1.82) is 0 Å². The molecule has 1 nitrogen and oxygen atoms in total. The van der Waals surface area contributed by atoms with Crippen molar-refractivity contribution >= 4 is 11.3 Å². The van der Waals surface area contributed by atoms with Gasteiger partial charge in [0, 0.05) is 10.9 Å². The third-order valence-electron chi connectivity index (χ3n) is 1.85. The van der Waals surface area contributed by atoms with Crippen molar-refractivity contribution in [3.8, 4) is 5.75 Å². The fourth-order valence-corrected chi connectivity index (χ4v) is 2.21. The molecule has 0 fully saturated rings. The van der Waals surface area contributed by atoms with Gasteiger partial charge in [-0.2, -0.15) is 0 Å². The Hall–Kier alpha value is -0.500. The van der Waals surface area contributed by atoms with Gasteiger partial charge in [-0.15, -0.1) is 11.3 Å². The van der Waals surface area contributed by atoms with Crippen LogP contribution in [0.4, 0.5) is 0 Å². The van der Waals surface area contributed by atoms with Gasteiger partial charge in [0.15, 0.2) is 0 Å². The first-order valence-electron chi connectivity index (χ1n) is 4.96. The minimum atomic E-state index is -0.110. The number of rotatable bonds is 1. The van der Waals surface area contributed by atoms with Gasteiger partial charge in [0.05, 0.1) is 0 Å². The van der Waals surface area contributed by atoms with Gasteiger partial charge < -0.3 is 4.74 Å². The van der Waals surface area contributed by atoms with Crippen molar-refractivity contribution in [2.75, 3.05) is 0 Å². The van der Waals surface area contributed by atoms with E-state index in [0.717, 1.165) is 5.75 Å². The highest BCUT2D eigenvalue weighted by Gasteiger charge is 2.22. The third kappa shape index (κ3) is 3.02. The number of ether oxygens (including phenoxy) is 1. The lowest BCUT2D eigenvalue weighted by Gasteiger charge is -2.25. The smallest absolute Gasteiger partial charge is 0.134 e. The Balaban J connectivity index is 2.95. The maximum atomic E-state index is 5.91. The second-order valence-corrected chi connectivity index (χ2v) is 6.36. The van der Waals surface area contributed by atoms with Crippen molar-refractivity contribution in [1.82, 2.24) is 0 Å². The molecule has 0 aliphatic rings. The van der Waals surface area contributed by atoms with E-state index in [1.807, 2.05) is 0 Å². The molecule has 0 aliphatic carbocycles. The average molecular weight is 212 g/mol. The van der Waals surface area contributed by atoms with Crippen LogP contribution in [0.3, 0.4) is 0 Å². The van der Waals surface area contributed by atoms with Gasteiger partial charge in [-0.1, -0.05) is 20.8 Å². The van der Waals surface area contributed by atoms with E-state index in [1.54, 1.807) is 11.3 Å². The number of thiophene rings is 1. The summed E-state index contributed by atoms with van der Waals surface area (Å²) in [6.07, 6.45) is 0. The second-order valence-electron chi connectivity index (χ2n) is 5.61. The Bertz CT molecular complexity index is 299. The van der Waals surface area contributed by atoms with Gasteiger partial charge in [-0.05, 0) is 31.6 Å². The van der Waals surface area contributed by atoms with Crippen molar-refractivity contribution in [3.05, 3.63) is 16.3 Å². The molecule has 1 rings (SSSR count). The average Bonchev–Trinajstić information content (AvgIpc) is 2.29. The van der Waals surface area contributed by atoms with Crippen molar-refractivity contribution in [2.45, 2.75) is 52.6 Å². The molecular formula is C12H20OS. The molecule has 0 unspecified atom stereocenters. The molecule has 0 aliphatic heterocycles. The molecule has 0 amide bonds. The van der Waals surface area contributed by atoms with Crippen LogP contribution in [0.2, 0.25) is 0 Å². The Kier molecular flexibility index (Phi) is 2.96. The first kappa shape index (κ1) is 11.6. The van der Waals surface area contributed by atoms with Crippen LogP contribution in [0.15, 0.2) is 10.8 Å². The maximum absolute atomic E-state index is 5.91. The predicted molar refractivity (Wildman–Crippen MR) is 63.4 cm³/mol. The molecular weight excluding hydrogens is 192 g/mol. The normalized spacial score (nSPS) is 13.0. The lowest BCUT2D eigenvalue weighted by molar-refractivity contribution is 0.128. The first-order valence-corrected chi connectivity index (χ1v) is 5.90. The molecule has 1 aromatic rings. The van der Waals surface area contributed by atoms with Crippen LogP contribution in [0, 0.1) is 0 Å². The topological polar surface area (TPSA) is 9.23 Å². The first-order chi connectivity index (χ1) is 6.20. The van der Waals surface area contributed by atoms with Gasteiger partial charge in [0.1, 0.15) is 11.4 Å². The number of hydrogen-bond acceptors (Lipinski definition) is 2. The summed E-state index contributed by atoms with van der Waals surface area (Å²) in [6.45, 7) is 12.9. The Morgan fingerprint density at radius 2 is 1.57 bits per heavy atom. The Morgan fingerprint density at radius 1 is 1.00 bits per heavy atom. The molecule has 1 aromatic heterocycles. The molecule has 14 heavy (non-hydrogen) atoms. The largest absolute Gasteiger partial charge is 0.487 e. The van der Waals surface area contributed by atoms with Gasteiger partial charge in [-0.3, -0.25) is 0 Å². The summed E-state index contributed by atoms with van der Waals surface area (Å²) in [5.41, 5.74) is 1.36. The zero-order valence-corrected chi connectivity index (χ0v) is 10.8. The molecule has 0 radical (unpaired) electrons. The molecule has 0 saturated carbocycles. The van der Waals surface area contributed by atoms with Crippen LogP contribution in [0.25, 0.3) is 0 Å². The third-order valence-corrected chi connectivity index (χ3v) is 2.57.